The maximum Gasteiger partial charge on any atom is 0.236 e. The van der Waals surface area contributed by atoms with Gasteiger partial charge in [0.15, 0.2) is 0 Å². The second kappa shape index (κ2) is 8.53. The third-order valence-electron chi connectivity index (χ3n) is 2.36. The number of carbonyl (C=O) groups excluding carboxylic acids is 1. The number of aliphatic hydroxyl groups excluding tert-OH is 1. The molecule has 0 aliphatic rings. The van der Waals surface area contributed by atoms with Crippen molar-refractivity contribution in [3.63, 3.8) is 0 Å². The normalized spacial score (nSPS) is 14.9. The Labute approximate surface area is 98.8 Å². The fourth-order valence-corrected chi connectivity index (χ4v) is 1.30. The molecule has 1 amide bonds. The largest absolute Gasteiger partial charge is 0.392 e. The zero-order chi connectivity index (χ0) is 12.6. The minimum atomic E-state index is -0.356. The van der Waals surface area contributed by atoms with Crippen LogP contribution in [0.4, 0.5) is 0 Å². The van der Waals surface area contributed by atoms with E-state index < -0.39 is 0 Å². The average Bonchev–Trinajstić information content (AvgIpc) is 2.22. The lowest BCUT2D eigenvalue weighted by Crippen LogP contribution is -2.45. The Balaban J connectivity index is 3.70. The highest BCUT2D eigenvalue weighted by Crippen LogP contribution is 1.95. The van der Waals surface area contributed by atoms with E-state index in [1.165, 1.54) is 0 Å². The summed E-state index contributed by atoms with van der Waals surface area (Å²) in [6.07, 6.45) is 1.37. The summed E-state index contributed by atoms with van der Waals surface area (Å²) in [5.74, 6) is 0.458. The van der Waals surface area contributed by atoms with Crippen molar-refractivity contribution in [3.8, 4) is 0 Å². The molecule has 0 aliphatic carbocycles. The molecular formula is C12H26N2O2. The lowest BCUT2D eigenvalue weighted by Gasteiger charge is -2.17. The summed E-state index contributed by atoms with van der Waals surface area (Å²) in [4.78, 5) is 11.6. The van der Waals surface area contributed by atoms with Crippen LogP contribution in [0.25, 0.3) is 0 Å². The van der Waals surface area contributed by atoms with Gasteiger partial charge >= 0.3 is 0 Å². The van der Waals surface area contributed by atoms with Crippen molar-refractivity contribution in [2.24, 2.45) is 5.92 Å². The van der Waals surface area contributed by atoms with Crippen LogP contribution in [0.5, 0.6) is 0 Å². The lowest BCUT2D eigenvalue weighted by atomic mass is 10.2. The lowest BCUT2D eigenvalue weighted by molar-refractivity contribution is -0.123. The molecule has 0 fully saturated rings. The fourth-order valence-electron chi connectivity index (χ4n) is 1.30. The van der Waals surface area contributed by atoms with E-state index in [4.69, 9.17) is 0 Å². The summed E-state index contributed by atoms with van der Waals surface area (Å²) in [7, 11) is 0. The van der Waals surface area contributed by atoms with Gasteiger partial charge in [-0.2, -0.15) is 0 Å². The predicted molar refractivity (Wildman–Crippen MR) is 66.2 cm³/mol. The van der Waals surface area contributed by atoms with Crippen molar-refractivity contribution >= 4 is 5.91 Å². The highest BCUT2D eigenvalue weighted by atomic mass is 16.3. The van der Waals surface area contributed by atoms with Crippen LogP contribution in [0.3, 0.4) is 0 Å². The maximum absolute atomic E-state index is 11.6. The van der Waals surface area contributed by atoms with Gasteiger partial charge in [-0.1, -0.05) is 27.2 Å². The molecular weight excluding hydrogens is 204 g/mol. The highest BCUT2D eigenvalue weighted by Gasteiger charge is 2.13. The van der Waals surface area contributed by atoms with Gasteiger partial charge in [-0.25, -0.2) is 0 Å². The monoisotopic (exact) mass is 230 g/mol. The summed E-state index contributed by atoms with van der Waals surface area (Å²) in [5, 5.41) is 15.4. The van der Waals surface area contributed by atoms with E-state index in [-0.39, 0.29) is 18.1 Å². The van der Waals surface area contributed by atoms with E-state index >= 15 is 0 Å². The second-order valence-electron chi connectivity index (χ2n) is 4.71. The Morgan fingerprint density at radius 1 is 1.25 bits per heavy atom. The molecule has 2 unspecified atom stereocenters. The average molecular weight is 230 g/mol. The molecule has 0 aromatic rings. The van der Waals surface area contributed by atoms with Crippen molar-refractivity contribution in [1.29, 1.82) is 0 Å². The molecule has 0 saturated heterocycles. The minimum Gasteiger partial charge on any atom is -0.392 e. The summed E-state index contributed by atoms with van der Waals surface area (Å²) >= 11 is 0. The molecule has 16 heavy (non-hydrogen) atoms. The summed E-state index contributed by atoms with van der Waals surface area (Å²) in [6, 6.07) is -0.245. The number of aliphatic hydroxyl groups is 1. The molecule has 0 rings (SSSR count). The first-order valence-corrected chi connectivity index (χ1v) is 6.16. The quantitative estimate of drug-likeness (QED) is 0.580. The van der Waals surface area contributed by atoms with Crippen LogP contribution in [0.2, 0.25) is 0 Å². The third-order valence-corrected chi connectivity index (χ3v) is 2.36. The zero-order valence-electron chi connectivity index (χ0n) is 10.9. The van der Waals surface area contributed by atoms with Crippen LogP contribution in [0.15, 0.2) is 0 Å². The first-order valence-electron chi connectivity index (χ1n) is 6.16. The van der Waals surface area contributed by atoms with Crippen LogP contribution in [0, 0.1) is 5.92 Å². The Bertz CT molecular complexity index is 195. The van der Waals surface area contributed by atoms with Crippen molar-refractivity contribution in [2.75, 3.05) is 13.1 Å². The van der Waals surface area contributed by atoms with Crippen molar-refractivity contribution < 1.29 is 9.90 Å². The molecule has 2 atom stereocenters. The Morgan fingerprint density at radius 2 is 1.88 bits per heavy atom. The molecule has 0 aliphatic heterocycles. The predicted octanol–water partition coefficient (Wildman–Crippen LogP) is 0.898. The molecule has 4 heteroatoms. The van der Waals surface area contributed by atoms with Crippen LogP contribution < -0.4 is 10.6 Å². The number of rotatable bonds is 8. The van der Waals surface area contributed by atoms with Gasteiger partial charge < -0.3 is 15.7 Å². The van der Waals surface area contributed by atoms with Gasteiger partial charge in [-0.3, -0.25) is 4.79 Å². The fraction of sp³-hybridized carbons (Fsp3) is 0.917. The first kappa shape index (κ1) is 15.4. The summed E-state index contributed by atoms with van der Waals surface area (Å²) < 4.78 is 0. The van der Waals surface area contributed by atoms with Crippen LogP contribution in [0.1, 0.15) is 40.5 Å². The number of amides is 1. The molecule has 3 N–H and O–H groups in total. The molecule has 96 valence electrons. The van der Waals surface area contributed by atoms with Gasteiger partial charge in [0.05, 0.1) is 12.1 Å². The molecule has 0 spiro atoms. The molecule has 0 aromatic carbocycles. The SMILES string of the molecule is CCCC(O)CNC(C)C(=O)NCC(C)C. The zero-order valence-corrected chi connectivity index (χ0v) is 10.9. The van der Waals surface area contributed by atoms with Gasteiger partial charge in [-0.15, -0.1) is 0 Å². The molecule has 0 radical (unpaired) electrons. The van der Waals surface area contributed by atoms with Gasteiger partial charge in [0.25, 0.3) is 0 Å². The van der Waals surface area contributed by atoms with E-state index in [0.717, 1.165) is 12.8 Å². The molecule has 0 bridgehead atoms. The topological polar surface area (TPSA) is 61.4 Å². The Kier molecular flexibility index (Phi) is 8.21. The number of nitrogens with one attached hydrogen (secondary N) is 2. The first-order chi connectivity index (χ1) is 7.47. The van der Waals surface area contributed by atoms with Gasteiger partial charge in [0, 0.05) is 13.1 Å². The number of carbonyl (C=O) groups is 1. The van der Waals surface area contributed by atoms with E-state index in [2.05, 4.69) is 24.5 Å². The smallest absolute Gasteiger partial charge is 0.236 e. The number of hydrogen-bond donors (Lipinski definition) is 3. The molecule has 0 saturated carbocycles. The highest BCUT2D eigenvalue weighted by molar-refractivity contribution is 5.81. The molecule has 4 nitrogen and oxygen atoms in total. The summed E-state index contributed by atoms with van der Waals surface area (Å²) in [6.45, 7) is 9.13. The maximum atomic E-state index is 11.6. The summed E-state index contributed by atoms with van der Waals surface area (Å²) in [5.41, 5.74) is 0. The molecule has 0 heterocycles. The standard InChI is InChI=1S/C12H26N2O2/c1-5-6-11(15)8-13-10(4)12(16)14-7-9(2)3/h9-11,13,15H,5-8H2,1-4H3,(H,14,16). The van der Waals surface area contributed by atoms with Crippen molar-refractivity contribution in [3.05, 3.63) is 0 Å². The Morgan fingerprint density at radius 3 is 2.38 bits per heavy atom. The molecule has 0 aromatic heterocycles. The van der Waals surface area contributed by atoms with E-state index in [1.807, 2.05) is 13.8 Å². The van der Waals surface area contributed by atoms with E-state index in [1.54, 1.807) is 0 Å². The third kappa shape index (κ3) is 7.65. The van der Waals surface area contributed by atoms with Crippen molar-refractivity contribution in [1.82, 2.24) is 10.6 Å². The van der Waals surface area contributed by atoms with Gasteiger partial charge in [-0.05, 0) is 19.3 Å². The van der Waals surface area contributed by atoms with Crippen LogP contribution in [-0.4, -0.2) is 36.2 Å². The Hall–Kier alpha value is -0.610. The number of hydrogen-bond acceptors (Lipinski definition) is 3. The van der Waals surface area contributed by atoms with E-state index in [9.17, 15) is 9.90 Å². The van der Waals surface area contributed by atoms with Crippen molar-refractivity contribution in [2.45, 2.75) is 52.7 Å². The van der Waals surface area contributed by atoms with E-state index in [0.29, 0.717) is 19.0 Å². The van der Waals surface area contributed by atoms with Crippen LogP contribution in [-0.2, 0) is 4.79 Å². The van der Waals surface area contributed by atoms with Gasteiger partial charge in [0.2, 0.25) is 5.91 Å². The minimum absolute atomic E-state index is 0.00241. The van der Waals surface area contributed by atoms with Gasteiger partial charge in [0.1, 0.15) is 0 Å². The van der Waals surface area contributed by atoms with Crippen LogP contribution >= 0.6 is 0 Å². The second-order valence-corrected chi connectivity index (χ2v) is 4.71.